The van der Waals surface area contributed by atoms with Gasteiger partial charge in [-0.15, -0.1) is 0 Å². The van der Waals surface area contributed by atoms with Crippen molar-refractivity contribution in [2.24, 2.45) is 0 Å². The van der Waals surface area contributed by atoms with E-state index in [1.54, 1.807) is 14.0 Å². The lowest BCUT2D eigenvalue weighted by molar-refractivity contribution is -0.133. The normalized spacial score (nSPS) is 22.5. The van der Waals surface area contributed by atoms with Gasteiger partial charge in [-0.3, -0.25) is 19.1 Å². The summed E-state index contributed by atoms with van der Waals surface area (Å²) in [6.45, 7) is 4.77. The topological polar surface area (TPSA) is 115 Å². The molecule has 186 valence electrons. The Morgan fingerprint density at radius 2 is 1.86 bits per heavy atom. The van der Waals surface area contributed by atoms with Crippen LogP contribution in [0.15, 0.2) is 24.3 Å². The number of amides is 3. The molecule has 1 aromatic carbocycles. The third kappa shape index (κ3) is 4.21. The lowest BCUT2D eigenvalue weighted by Crippen LogP contribution is -2.63. The lowest BCUT2D eigenvalue weighted by atomic mass is 9.95. The number of nitrogens with zero attached hydrogens (tertiary/aromatic N) is 3. The fraction of sp³-hybridized carbons (Fsp3) is 0.520. The van der Waals surface area contributed by atoms with Crippen LogP contribution in [0.25, 0.3) is 0 Å². The van der Waals surface area contributed by atoms with Gasteiger partial charge in [0.25, 0.3) is 11.8 Å². The van der Waals surface area contributed by atoms with Crippen molar-refractivity contribution in [3.8, 4) is 11.5 Å². The highest BCUT2D eigenvalue weighted by atomic mass is 16.6. The Bertz CT molecular complexity index is 1170. The minimum Gasteiger partial charge on any atom is -0.486 e. The summed E-state index contributed by atoms with van der Waals surface area (Å²) in [5, 5.41) is 10.4. The Morgan fingerprint density at radius 3 is 2.60 bits per heavy atom. The van der Waals surface area contributed by atoms with E-state index in [0.717, 1.165) is 31.2 Å². The average Bonchev–Trinajstić information content (AvgIpc) is 3.52. The van der Waals surface area contributed by atoms with E-state index < -0.39 is 11.4 Å². The van der Waals surface area contributed by atoms with Crippen LogP contribution in [0.3, 0.4) is 0 Å². The SMILES string of the molecule is C[C@H](NC(=O)c1cc2n(n1)C[C@@](C)(C(=O)NC1CCCC1)N(C)C2=O)c1ccc2c(c1)OCCO2. The maximum atomic E-state index is 13.1. The number of carbonyl (C=O) groups excluding carboxylic acids is 3. The van der Waals surface area contributed by atoms with Crippen molar-refractivity contribution in [3.63, 3.8) is 0 Å². The standard InChI is InChI=1S/C25H31N5O5/c1-15(16-8-9-20-21(12-16)35-11-10-34-20)26-22(31)18-13-19-23(32)29(3)25(2,14-30(19)28-18)24(33)27-17-6-4-5-7-17/h8-9,12-13,15,17H,4-7,10-11,14H2,1-3H3,(H,26,31)(H,27,33)/t15-,25-/m0/s1. The summed E-state index contributed by atoms with van der Waals surface area (Å²) < 4.78 is 12.7. The van der Waals surface area contributed by atoms with Crippen molar-refractivity contribution in [1.82, 2.24) is 25.3 Å². The van der Waals surface area contributed by atoms with E-state index in [4.69, 9.17) is 9.47 Å². The van der Waals surface area contributed by atoms with E-state index in [0.29, 0.717) is 24.7 Å². The van der Waals surface area contributed by atoms with Crippen LogP contribution in [0, 0.1) is 0 Å². The van der Waals surface area contributed by atoms with Gasteiger partial charge in [-0.05, 0) is 44.4 Å². The molecule has 1 fully saturated rings. The third-order valence-corrected chi connectivity index (χ3v) is 7.33. The summed E-state index contributed by atoms with van der Waals surface area (Å²) in [5.74, 6) is 0.396. The van der Waals surface area contributed by atoms with Gasteiger partial charge in [0, 0.05) is 19.2 Å². The zero-order valence-electron chi connectivity index (χ0n) is 20.3. The third-order valence-electron chi connectivity index (χ3n) is 7.33. The first kappa shape index (κ1) is 23.2. The van der Waals surface area contributed by atoms with Crippen molar-refractivity contribution >= 4 is 17.7 Å². The monoisotopic (exact) mass is 481 g/mol. The molecule has 0 saturated heterocycles. The summed E-state index contributed by atoms with van der Waals surface area (Å²) in [4.78, 5) is 40.7. The minimum atomic E-state index is -1.09. The maximum absolute atomic E-state index is 13.1. The second-order valence-corrected chi connectivity index (χ2v) is 9.76. The van der Waals surface area contributed by atoms with E-state index in [2.05, 4.69) is 15.7 Å². The Labute approximate surface area is 203 Å². The van der Waals surface area contributed by atoms with Crippen LogP contribution in [0.5, 0.6) is 11.5 Å². The number of aromatic nitrogens is 2. The van der Waals surface area contributed by atoms with Crippen LogP contribution in [-0.4, -0.2) is 64.2 Å². The Hall–Kier alpha value is -3.56. The van der Waals surface area contributed by atoms with Gasteiger partial charge in [0.1, 0.15) is 24.4 Å². The molecule has 0 unspecified atom stereocenters. The van der Waals surface area contributed by atoms with Gasteiger partial charge in [0.05, 0.1) is 12.6 Å². The van der Waals surface area contributed by atoms with Crippen molar-refractivity contribution < 1.29 is 23.9 Å². The molecule has 2 aliphatic heterocycles. The van der Waals surface area contributed by atoms with Crippen molar-refractivity contribution in [3.05, 3.63) is 41.2 Å². The largest absolute Gasteiger partial charge is 0.486 e. The summed E-state index contributed by atoms with van der Waals surface area (Å²) in [5.41, 5.74) is 0.186. The second-order valence-electron chi connectivity index (χ2n) is 9.76. The number of hydrogen-bond donors (Lipinski definition) is 2. The number of likely N-dealkylation sites (N-methyl/N-ethyl adjacent to an activating group) is 1. The predicted octanol–water partition coefficient (Wildman–Crippen LogP) is 2.05. The van der Waals surface area contributed by atoms with Gasteiger partial charge < -0.3 is 25.0 Å². The van der Waals surface area contributed by atoms with E-state index in [9.17, 15) is 14.4 Å². The molecule has 5 rings (SSSR count). The van der Waals surface area contributed by atoms with E-state index in [1.807, 2.05) is 25.1 Å². The number of ether oxygens (including phenoxy) is 2. The zero-order chi connectivity index (χ0) is 24.7. The van der Waals surface area contributed by atoms with Gasteiger partial charge in [-0.25, -0.2) is 0 Å². The lowest BCUT2D eigenvalue weighted by Gasteiger charge is -2.41. The zero-order valence-corrected chi connectivity index (χ0v) is 20.3. The number of rotatable bonds is 5. The van der Waals surface area contributed by atoms with Gasteiger partial charge >= 0.3 is 0 Å². The highest BCUT2D eigenvalue weighted by Crippen LogP contribution is 2.33. The average molecular weight is 482 g/mol. The van der Waals surface area contributed by atoms with Crippen LogP contribution < -0.4 is 20.1 Å². The summed E-state index contributed by atoms with van der Waals surface area (Å²) in [6.07, 6.45) is 4.11. The van der Waals surface area contributed by atoms with Gasteiger partial charge in [0.2, 0.25) is 5.91 Å². The fourth-order valence-electron chi connectivity index (χ4n) is 4.93. The molecular weight excluding hydrogens is 450 g/mol. The molecule has 2 aromatic rings. The van der Waals surface area contributed by atoms with Crippen LogP contribution in [0.2, 0.25) is 0 Å². The molecule has 35 heavy (non-hydrogen) atoms. The predicted molar refractivity (Wildman–Crippen MR) is 126 cm³/mol. The molecule has 2 atom stereocenters. The molecule has 3 aliphatic rings. The molecule has 0 spiro atoms. The van der Waals surface area contributed by atoms with Crippen LogP contribution in [0.4, 0.5) is 0 Å². The molecular formula is C25H31N5O5. The highest BCUT2D eigenvalue weighted by Gasteiger charge is 2.47. The Balaban J connectivity index is 1.31. The molecule has 10 nitrogen and oxygen atoms in total. The van der Waals surface area contributed by atoms with Crippen molar-refractivity contribution in [2.45, 2.75) is 63.7 Å². The minimum absolute atomic E-state index is 0.131. The van der Waals surface area contributed by atoms with Gasteiger partial charge in [0.15, 0.2) is 17.2 Å². The molecule has 2 N–H and O–H groups in total. The summed E-state index contributed by atoms with van der Waals surface area (Å²) in [7, 11) is 1.62. The van der Waals surface area contributed by atoms with E-state index in [-0.39, 0.29) is 41.8 Å². The molecule has 10 heteroatoms. The molecule has 0 bridgehead atoms. The van der Waals surface area contributed by atoms with Gasteiger partial charge in [-0.1, -0.05) is 18.9 Å². The van der Waals surface area contributed by atoms with Crippen LogP contribution in [0.1, 0.15) is 72.1 Å². The summed E-state index contributed by atoms with van der Waals surface area (Å²) >= 11 is 0. The number of benzene rings is 1. The molecule has 3 amide bonds. The van der Waals surface area contributed by atoms with E-state index in [1.165, 1.54) is 15.6 Å². The molecule has 1 aromatic heterocycles. The van der Waals surface area contributed by atoms with Crippen molar-refractivity contribution in [2.75, 3.05) is 20.3 Å². The number of hydrogen-bond acceptors (Lipinski definition) is 6. The quantitative estimate of drug-likeness (QED) is 0.676. The molecule has 1 aliphatic carbocycles. The highest BCUT2D eigenvalue weighted by molar-refractivity contribution is 6.01. The first-order chi connectivity index (χ1) is 16.8. The summed E-state index contributed by atoms with van der Waals surface area (Å²) in [6, 6.07) is 6.86. The number of fused-ring (bicyclic) bond motifs is 2. The van der Waals surface area contributed by atoms with Gasteiger partial charge in [-0.2, -0.15) is 5.10 Å². The Kier molecular flexibility index (Phi) is 5.90. The first-order valence-corrected chi connectivity index (χ1v) is 12.1. The molecule has 0 radical (unpaired) electrons. The second kappa shape index (κ2) is 8.90. The van der Waals surface area contributed by atoms with Crippen LogP contribution in [-0.2, 0) is 11.3 Å². The number of nitrogens with one attached hydrogen (secondary N) is 2. The fourth-order valence-corrected chi connectivity index (χ4v) is 4.93. The maximum Gasteiger partial charge on any atom is 0.272 e. The number of carbonyl (C=O) groups is 3. The van der Waals surface area contributed by atoms with Crippen LogP contribution >= 0.6 is 0 Å². The molecule has 3 heterocycles. The smallest absolute Gasteiger partial charge is 0.272 e. The van der Waals surface area contributed by atoms with Crippen molar-refractivity contribution in [1.29, 1.82) is 0 Å². The molecule has 1 saturated carbocycles. The van der Waals surface area contributed by atoms with E-state index >= 15 is 0 Å². The first-order valence-electron chi connectivity index (χ1n) is 12.1. The Morgan fingerprint density at radius 1 is 1.14 bits per heavy atom.